The van der Waals surface area contributed by atoms with Crippen LogP contribution in [0.4, 0.5) is 5.69 Å². The second-order valence-electron chi connectivity index (χ2n) is 4.78. The van der Waals surface area contributed by atoms with Crippen LogP contribution in [0.25, 0.3) is 0 Å². The molecule has 0 bridgehead atoms. The van der Waals surface area contributed by atoms with Crippen molar-refractivity contribution < 1.29 is 9.53 Å². The molecule has 116 valence electrons. The van der Waals surface area contributed by atoms with Crippen molar-refractivity contribution in [2.75, 3.05) is 51.3 Å². The van der Waals surface area contributed by atoms with E-state index < -0.39 is 0 Å². The number of halogens is 2. The maximum atomic E-state index is 11.8. The third-order valence-corrected chi connectivity index (χ3v) is 3.79. The highest BCUT2D eigenvalue weighted by atomic mass is 35.5. The molecule has 1 aromatic rings. The number of nitrogens with zero attached hydrogens (tertiary/aromatic N) is 1. The van der Waals surface area contributed by atoms with Gasteiger partial charge in [0.1, 0.15) is 0 Å². The minimum atomic E-state index is -0.0701. The Hall–Kier alpha value is -1.01. The zero-order valence-electron chi connectivity index (χ0n) is 11.7. The molecule has 1 aliphatic heterocycles. The minimum absolute atomic E-state index is 0.0701. The molecule has 1 aliphatic rings. The number of anilines is 1. The first kappa shape index (κ1) is 16.4. The average molecular weight is 332 g/mol. The lowest BCUT2D eigenvalue weighted by Crippen LogP contribution is -2.42. The molecule has 1 aromatic carbocycles. The van der Waals surface area contributed by atoms with E-state index in [0.29, 0.717) is 22.3 Å². The fraction of sp³-hybridized carbons (Fsp3) is 0.500. The van der Waals surface area contributed by atoms with E-state index in [2.05, 4.69) is 15.5 Å². The number of carbonyl (C=O) groups is 1. The van der Waals surface area contributed by atoms with Crippen molar-refractivity contribution in [2.45, 2.75) is 0 Å². The van der Waals surface area contributed by atoms with E-state index >= 15 is 0 Å². The van der Waals surface area contributed by atoms with Crippen LogP contribution < -0.4 is 10.6 Å². The molecule has 0 atom stereocenters. The molecule has 0 aliphatic carbocycles. The smallest absolute Gasteiger partial charge is 0.239 e. The Labute approximate surface area is 134 Å². The Morgan fingerprint density at radius 2 is 2.05 bits per heavy atom. The topological polar surface area (TPSA) is 53.6 Å². The Bertz CT molecular complexity index is 479. The Morgan fingerprint density at radius 3 is 2.81 bits per heavy atom. The van der Waals surface area contributed by atoms with Crippen molar-refractivity contribution >= 4 is 34.8 Å². The molecule has 0 unspecified atom stereocenters. The van der Waals surface area contributed by atoms with Gasteiger partial charge >= 0.3 is 0 Å². The molecule has 2 rings (SSSR count). The summed E-state index contributed by atoms with van der Waals surface area (Å²) in [4.78, 5) is 14.0. The van der Waals surface area contributed by atoms with Crippen molar-refractivity contribution in [1.82, 2.24) is 10.2 Å². The van der Waals surface area contributed by atoms with E-state index in [1.54, 1.807) is 18.2 Å². The number of carbonyl (C=O) groups excluding carboxylic acids is 1. The number of hydrogen-bond donors (Lipinski definition) is 2. The average Bonchev–Trinajstić information content (AvgIpc) is 2.49. The van der Waals surface area contributed by atoms with Gasteiger partial charge < -0.3 is 15.4 Å². The predicted molar refractivity (Wildman–Crippen MR) is 85.2 cm³/mol. The summed E-state index contributed by atoms with van der Waals surface area (Å²) in [6.45, 7) is 5.02. The Kier molecular flexibility index (Phi) is 6.57. The number of rotatable bonds is 6. The number of morpholine rings is 1. The Morgan fingerprint density at radius 1 is 1.29 bits per heavy atom. The zero-order chi connectivity index (χ0) is 15.1. The van der Waals surface area contributed by atoms with Crippen LogP contribution in [0.1, 0.15) is 0 Å². The van der Waals surface area contributed by atoms with Gasteiger partial charge in [0.2, 0.25) is 5.91 Å². The van der Waals surface area contributed by atoms with E-state index in [1.807, 2.05) is 0 Å². The van der Waals surface area contributed by atoms with Crippen LogP contribution in [-0.4, -0.2) is 56.7 Å². The van der Waals surface area contributed by atoms with Crippen LogP contribution in [0.2, 0.25) is 10.0 Å². The highest BCUT2D eigenvalue weighted by Crippen LogP contribution is 2.24. The van der Waals surface area contributed by atoms with Crippen molar-refractivity contribution in [2.24, 2.45) is 0 Å². The molecule has 1 amide bonds. The molecule has 1 fully saturated rings. The molecule has 1 heterocycles. The number of hydrogen-bond acceptors (Lipinski definition) is 4. The Balaban J connectivity index is 1.66. The molecular formula is C14H19Cl2N3O2. The van der Waals surface area contributed by atoms with Gasteiger partial charge in [-0.1, -0.05) is 23.2 Å². The summed E-state index contributed by atoms with van der Waals surface area (Å²) in [6.07, 6.45) is 0. The molecule has 0 saturated carbocycles. The van der Waals surface area contributed by atoms with Gasteiger partial charge in [0.15, 0.2) is 0 Å². The SMILES string of the molecule is O=C(CNc1cc(Cl)ccc1Cl)NCCN1CCOCC1. The summed E-state index contributed by atoms with van der Waals surface area (Å²) in [7, 11) is 0. The second-order valence-corrected chi connectivity index (χ2v) is 5.63. The van der Waals surface area contributed by atoms with Crippen LogP contribution in [0.15, 0.2) is 18.2 Å². The summed E-state index contributed by atoms with van der Waals surface area (Å²) in [5.74, 6) is -0.0701. The third-order valence-electron chi connectivity index (χ3n) is 3.22. The number of ether oxygens (including phenoxy) is 1. The summed E-state index contributed by atoms with van der Waals surface area (Å²) in [6, 6.07) is 5.10. The fourth-order valence-corrected chi connectivity index (χ4v) is 2.41. The molecule has 0 aromatic heterocycles. The van der Waals surface area contributed by atoms with Crippen LogP contribution in [0.3, 0.4) is 0 Å². The van der Waals surface area contributed by atoms with Crippen LogP contribution >= 0.6 is 23.2 Å². The second kappa shape index (κ2) is 8.44. The van der Waals surface area contributed by atoms with Gasteiger partial charge in [-0.05, 0) is 18.2 Å². The predicted octanol–water partition coefficient (Wildman–Crippen LogP) is 1.85. The highest BCUT2D eigenvalue weighted by molar-refractivity contribution is 6.35. The lowest BCUT2D eigenvalue weighted by molar-refractivity contribution is -0.119. The van der Waals surface area contributed by atoms with Crippen molar-refractivity contribution in [3.05, 3.63) is 28.2 Å². The van der Waals surface area contributed by atoms with Crippen LogP contribution in [-0.2, 0) is 9.53 Å². The van der Waals surface area contributed by atoms with E-state index in [1.165, 1.54) is 0 Å². The number of amides is 1. The fourth-order valence-electron chi connectivity index (χ4n) is 2.05. The first-order chi connectivity index (χ1) is 10.1. The maximum absolute atomic E-state index is 11.8. The molecule has 1 saturated heterocycles. The summed E-state index contributed by atoms with van der Waals surface area (Å²) >= 11 is 11.9. The molecule has 5 nitrogen and oxygen atoms in total. The van der Waals surface area contributed by atoms with E-state index in [4.69, 9.17) is 27.9 Å². The van der Waals surface area contributed by atoms with Gasteiger partial charge in [-0.25, -0.2) is 0 Å². The monoisotopic (exact) mass is 331 g/mol. The lowest BCUT2D eigenvalue weighted by Gasteiger charge is -2.26. The van der Waals surface area contributed by atoms with Crippen LogP contribution in [0.5, 0.6) is 0 Å². The largest absolute Gasteiger partial charge is 0.379 e. The van der Waals surface area contributed by atoms with Gasteiger partial charge in [0.25, 0.3) is 0 Å². The maximum Gasteiger partial charge on any atom is 0.239 e. The van der Waals surface area contributed by atoms with Gasteiger partial charge in [-0.3, -0.25) is 9.69 Å². The summed E-state index contributed by atoms with van der Waals surface area (Å²) in [5.41, 5.74) is 0.660. The van der Waals surface area contributed by atoms with Crippen molar-refractivity contribution in [3.63, 3.8) is 0 Å². The highest BCUT2D eigenvalue weighted by Gasteiger charge is 2.10. The summed E-state index contributed by atoms with van der Waals surface area (Å²) < 4.78 is 5.27. The van der Waals surface area contributed by atoms with Gasteiger partial charge in [0, 0.05) is 31.2 Å². The first-order valence-corrected chi connectivity index (χ1v) is 7.66. The zero-order valence-corrected chi connectivity index (χ0v) is 13.2. The third kappa shape index (κ3) is 5.71. The van der Waals surface area contributed by atoms with Crippen LogP contribution in [0, 0.1) is 0 Å². The van der Waals surface area contributed by atoms with Gasteiger partial charge in [-0.2, -0.15) is 0 Å². The molecule has 0 radical (unpaired) electrons. The lowest BCUT2D eigenvalue weighted by atomic mass is 10.3. The van der Waals surface area contributed by atoms with Gasteiger partial charge in [-0.15, -0.1) is 0 Å². The van der Waals surface area contributed by atoms with E-state index in [9.17, 15) is 4.79 Å². The van der Waals surface area contributed by atoms with E-state index in [-0.39, 0.29) is 12.5 Å². The quantitative estimate of drug-likeness (QED) is 0.835. The summed E-state index contributed by atoms with van der Waals surface area (Å²) in [5, 5.41) is 6.97. The standard InChI is InChI=1S/C14H19Cl2N3O2/c15-11-1-2-12(16)13(9-11)18-10-14(20)17-3-4-19-5-7-21-8-6-19/h1-2,9,18H,3-8,10H2,(H,17,20). The normalized spacial score (nSPS) is 15.7. The van der Waals surface area contributed by atoms with Crippen molar-refractivity contribution in [3.8, 4) is 0 Å². The first-order valence-electron chi connectivity index (χ1n) is 6.91. The minimum Gasteiger partial charge on any atom is -0.379 e. The molecular weight excluding hydrogens is 313 g/mol. The molecule has 7 heteroatoms. The van der Waals surface area contributed by atoms with Crippen molar-refractivity contribution in [1.29, 1.82) is 0 Å². The number of nitrogens with one attached hydrogen (secondary N) is 2. The van der Waals surface area contributed by atoms with E-state index in [0.717, 1.165) is 32.8 Å². The molecule has 0 spiro atoms. The van der Waals surface area contributed by atoms with Gasteiger partial charge in [0.05, 0.1) is 30.5 Å². The molecule has 21 heavy (non-hydrogen) atoms. The number of benzene rings is 1. The molecule has 2 N–H and O–H groups in total.